The van der Waals surface area contributed by atoms with Crippen molar-refractivity contribution < 1.29 is 19.1 Å². The Labute approximate surface area is 278 Å². The summed E-state index contributed by atoms with van der Waals surface area (Å²) in [5.74, 6) is -0.0147. The van der Waals surface area contributed by atoms with Crippen LogP contribution in [-0.4, -0.2) is 62.5 Å². The molecule has 6 aromatic rings. The van der Waals surface area contributed by atoms with Crippen LogP contribution in [0.3, 0.4) is 0 Å². The Hall–Kier alpha value is -6.10. The lowest BCUT2D eigenvalue weighted by Crippen LogP contribution is -2.18. The fourth-order valence-corrected chi connectivity index (χ4v) is 5.86. The lowest BCUT2D eigenvalue weighted by atomic mass is 9.98. The molecule has 4 aromatic heterocycles. The van der Waals surface area contributed by atoms with Crippen LogP contribution in [0.4, 0.5) is 34.9 Å². The summed E-state index contributed by atoms with van der Waals surface area (Å²) in [6.07, 6.45) is 2.44. The van der Waals surface area contributed by atoms with E-state index in [1.54, 1.807) is 42.6 Å². The van der Waals surface area contributed by atoms with Crippen molar-refractivity contribution in [3.63, 3.8) is 0 Å². The number of hydrogen-bond acceptors (Lipinski definition) is 16. The van der Waals surface area contributed by atoms with E-state index in [9.17, 15) is 19.1 Å². The largest absolute Gasteiger partial charge is 0.382 e. The van der Waals surface area contributed by atoms with Crippen molar-refractivity contribution in [2.75, 3.05) is 40.2 Å². The van der Waals surface area contributed by atoms with E-state index in [1.165, 1.54) is 6.20 Å². The third kappa shape index (κ3) is 7.73. The summed E-state index contributed by atoms with van der Waals surface area (Å²) < 4.78 is 12.1. The maximum absolute atomic E-state index is 13.5. The Morgan fingerprint density at radius 1 is 0.816 bits per heavy atom. The second-order valence-corrected chi connectivity index (χ2v) is 12.8. The first kappa shape index (κ1) is 32.8. The lowest BCUT2D eigenvalue weighted by molar-refractivity contribution is 0.0992. The van der Waals surface area contributed by atoms with Crippen LogP contribution in [0.2, 0.25) is 0 Å². The smallest absolute Gasteiger partial charge is 0.329 e. The van der Waals surface area contributed by atoms with Crippen LogP contribution in [0.15, 0.2) is 54.9 Å². The van der Waals surface area contributed by atoms with E-state index in [-0.39, 0.29) is 53.6 Å². The summed E-state index contributed by atoms with van der Waals surface area (Å²) in [6, 6.07) is 12.0. The second kappa shape index (κ2) is 13.2. The van der Waals surface area contributed by atoms with Gasteiger partial charge in [0.2, 0.25) is 11.9 Å². The molecule has 18 nitrogen and oxygen atoms in total. The Morgan fingerprint density at radius 2 is 1.45 bits per heavy atom. The molecule has 0 aliphatic carbocycles. The van der Waals surface area contributed by atoms with Crippen molar-refractivity contribution in [1.82, 2.24) is 39.9 Å². The number of hydrogen-bond donors (Lipinski definition) is 7. The molecule has 250 valence electrons. The summed E-state index contributed by atoms with van der Waals surface area (Å²) in [7, 11) is -2.64. The number of aromatic nitrogens is 8. The van der Waals surface area contributed by atoms with Gasteiger partial charge in [-0.25, -0.2) is 19.9 Å². The zero-order valence-electron chi connectivity index (χ0n) is 26.0. The van der Waals surface area contributed by atoms with E-state index < -0.39 is 13.8 Å². The number of Topliss-reactive ketones (excluding diaryl/α,β-unsaturated/α-hetero) is 1. The molecule has 0 amide bonds. The lowest BCUT2D eigenvalue weighted by Gasteiger charge is -2.20. The van der Waals surface area contributed by atoms with Crippen LogP contribution >= 0.6 is 7.60 Å². The topological polar surface area (TPSA) is 297 Å². The van der Waals surface area contributed by atoms with E-state index >= 15 is 0 Å². The van der Waals surface area contributed by atoms with Gasteiger partial charge in [-0.05, 0) is 35.4 Å². The van der Waals surface area contributed by atoms with E-state index in [0.29, 0.717) is 51.3 Å². The highest BCUT2D eigenvalue weighted by molar-refractivity contribution is 7.50. The molecule has 4 heterocycles. The monoisotopic (exact) mass is 682 g/mol. The molecule has 0 saturated carbocycles. The predicted molar refractivity (Wildman–Crippen MR) is 184 cm³/mol. The van der Waals surface area contributed by atoms with Crippen LogP contribution in [0.25, 0.3) is 22.3 Å². The standard InChI is InChI=1S/C30H31N14O4P/c1-44(13-20-12-37-28-24(39-20)26(32)41-30(34)43-28)21-4-2-3-16(8-21)22(45)9-15-5-6-18(7-17(15)14-49(46,47)48)35-10-19-11-36-27-23(38-19)25(31)40-29(33)42-27/h2-8,11-12,35H,9-10,13-14H2,1H3,(H2,46,47,48)(H4,31,33,36,40,42)(H4,32,34,37,41,43). The van der Waals surface area contributed by atoms with Gasteiger partial charge in [0.1, 0.15) is 0 Å². The summed E-state index contributed by atoms with van der Waals surface area (Å²) in [4.78, 5) is 68.4. The first-order valence-corrected chi connectivity index (χ1v) is 16.4. The van der Waals surface area contributed by atoms with Crippen molar-refractivity contribution in [3.8, 4) is 0 Å². The first-order valence-electron chi connectivity index (χ1n) is 14.6. The number of fused-ring (bicyclic) bond motifs is 2. The number of nitrogens with one attached hydrogen (secondary N) is 1. The van der Waals surface area contributed by atoms with Crippen LogP contribution in [0.1, 0.15) is 32.9 Å². The molecule has 11 N–H and O–H groups in total. The van der Waals surface area contributed by atoms with E-state index in [1.807, 2.05) is 18.0 Å². The number of benzene rings is 2. The molecule has 0 atom stereocenters. The fraction of sp³-hybridized carbons (Fsp3) is 0.167. The maximum atomic E-state index is 13.5. The number of anilines is 6. The Bertz CT molecular complexity index is 2280. The number of nitrogens with two attached hydrogens (primary N) is 4. The van der Waals surface area contributed by atoms with E-state index in [2.05, 4.69) is 45.2 Å². The Kier molecular flexibility index (Phi) is 8.84. The normalized spacial score (nSPS) is 11.6. The molecule has 19 heteroatoms. The number of rotatable bonds is 11. The molecule has 0 aliphatic heterocycles. The van der Waals surface area contributed by atoms with Gasteiger partial charge >= 0.3 is 7.60 Å². The van der Waals surface area contributed by atoms with Gasteiger partial charge in [0.15, 0.2) is 39.7 Å². The van der Waals surface area contributed by atoms with Crippen molar-refractivity contribution in [2.24, 2.45) is 0 Å². The Balaban J connectivity index is 1.17. The summed E-state index contributed by atoms with van der Waals surface area (Å²) in [5, 5.41) is 3.17. The number of carbonyl (C=O) groups excluding carboxylic acids is 1. The molecule has 0 radical (unpaired) electrons. The van der Waals surface area contributed by atoms with Gasteiger partial charge in [-0.3, -0.25) is 9.36 Å². The van der Waals surface area contributed by atoms with Gasteiger partial charge in [-0.1, -0.05) is 18.2 Å². The quantitative estimate of drug-likeness (QED) is 0.0757. The molecule has 0 unspecified atom stereocenters. The molecule has 0 bridgehead atoms. The van der Waals surface area contributed by atoms with Crippen molar-refractivity contribution in [3.05, 3.63) is 82.9 Å². The summed E-state index contributed by atoms with van der Waals surface area (Å²) >= 11 is 0. The minimum atomic E-state index is -4.48. The average Bonchev–Trinajstić information content (AvgIpc) is 3.04. The summed E-state index contributed by atoms with van der Waals surface area (Å²) in [6.45, 7) is 0.549. The van der Waals surface area contributed by atoms with Gasteiger partial charge in [0.05, 0.1) is 43.0 Å². The molecule has 49 heavy (non-hydrogen) atoms. The highest BCUT2D eigenvalue weighted by atomic mass is 31.2. The Morgan fingerprint density at radius 3 is 2.10 bits per heavy atom. The van der Waals surface area contributed by atoms with Gasteiger partial charge in [-0.2, -0.15) is 19.9 Å². The van der Waals surface area contributed by atoms with Gasteiger partial charge in [0.25, 0.3) is 0 Å². The minimum absolute atomic E-state index is 0.00816. The molecule has 2 aromatic carbocycles. The SMILES string of the molecule is CN(Cc1cnc2nc(N)nc(N)c2n1)c1cccc(C(=O)Cc2ccc(NCc3cnc4nc(N)nc(N)c4n3)cc2CP(=O)(O)O)c1. The zero-order valence-corrected chi connectivity index (χ0v) is 26.9. The van der Waals surface area contributed by atoms with Crippen LogP contribution < -0.4 is 33.2 Å². The third-order valence-electron chi connectivity index (χ3n) is 7.42. The van der Waals surface area contributed by atoms with Crippen LogP contribution in [0.5, 0.6) is 0 Å². The fourth-order valence-electron chi connectivity index (χ4n) is 5.12. The highest BCUT2D eigenvalue weighted by Crippen LogP contribution is 2.41. The van der Waals surface area contributed by atoms with Crippen molar-refractivity contribution in [1.29, 1.82) is 0 Å². The second-order valence-electron chi connectivity index (χ2n) is 11.2. The number of nitrogen functional groups attached to an aromatic ring is 4. The molecule has 0 aliphatic rings. The molecule has 0 saturated heterocycles. The van der Waals surface area contributed by atoms with Crippen LogP contribution in [-0.2, 0) is 30.2 Å². The van der Waals surface area contributed by atoms with Crippen molar-refractivity contribution in [2.45, 2.75) is 25.7 Å². The molecule has 6 rings (SSSR count). The minimum Gasteiger partial charge on any atom is -0.382 e. The van der Waals surface area contributed by atoms with E-state index in [4.69, 9.17) is 22.9 Å². The first-order chi connectivity index (χ1) is 23.3. The zero-order chi connectivity index (χ0) is 34.9. The summed E-state index contributed by atoms with van der Waals surface area (Å²) in [5.41, 5.74) is 28.0. The molecular formula is C30H31N14O4P. The molecule has 0 fully saturated rings. The van der Waals surface area contributed by atoms with Crippen LogP contribution in [0, 0.1) is 0 Å². The maximum Gasteiger partial charge on any atom is 0.329 e. The number of nitrogens with zero attached hydrogens (tertiary/aromatic N) is 9. The predicted octanol–water partition coefficient (Wildman–Crippen LogP) is 1.83. The molecule has 0 spiro atoms. The number of ketones is 1. The highest BCUT2D eigenvalue weighted by Gasteiger charge is 2.20. The van der Waals surface area contributed by atoms with Crippen molar-refractivity contribution >= 4 is 70.6 Å². The molecular weight excluding hydrogens is 651 g/mol. The third-order valence-corrected chi connectivity index (χ3v) is 8.17. The average molecular weight is 683 g/mol. The number of carbonyl (C=O) groups is 1. The van der Waals surface area contributed by atoms with Gasteiger partial charge in [-0.15, -0.1) is 0 Å². The van der Waals surface area contributed by atoms with Gasteiger partial charge in [0, 0.05) is 30.4 Å². The van der Waals surface area contributed by atoms with Gasteiger partial charge < -0.3 is 42.9 Å². The van der Waals surface area contributed by atoms with E-state index in [0.717, 1.165) is 5.69 Å².